The van der Waals surface area contributed by atoms with E-state index in [9.17, 15) is 9.59 Å². The van der Waals surface area contributed by atoms with Crippen LogP contribution in [0.15, 0.2) is 48.5 Å². The summed E-state index contributed by atoms with van der Waals surface area (Å²) in [4.78, 5) is 24.4. The number of carbonyl (C=O) groups excluding carboxylic acids is 2. The Morgan fingerprint density at radius 2 is 1.76 bits per heavy atom. The lowest BCUT2D eigenvalue weighted by molar-refractivity contribution is -0.122. The molecule has 156 valence electrons. The number of amides is 2. The van der Waals surface area contributed by atoms with Crippen molar-refractivity contribution >= 4 is 17.5 Å². The van der Waals surface area contributed by atoms with E-state index in [0.717, 1.165) is 12.0 Å². The number of hydrogen-bond acceptors (Lipinski definition) is 3. The van der Waals surface area contributed by atoms with Gasteiger partial charge in [0, 0.05) is 24.7 Å². The minimum atomic E-state index is -0.214. The van der Waals surface area contributed by atoms with Crippen molar-refractivity contribution in [1.29, 1.82) is 0 Å². The average molecular weight is 397 g/mol. The van der Waals surface area contributed by atoms with Crippen LogP contribution >= 0.6 is 0 Å². The summed E-state index contributed by atoms with van der Waals surface area (Å²) in [7, 11) is 1.59. The Kier molecular flexibility index (Phi) is 8.71. The van der Waals surface area contributed by atoms with E-state index in [1.165, 1.54) is 5.56 Å². The number of benzene rings is 2. The summed E-state index contributed by atoms with van der Waals surface area (Å²) in [5, 5.41) is 5.77. The number of rotatable bonds is 10. The van der Waals surface area contributed by atoms with Crippen LogP contribution in [0.25, 0.3) is 0 Å². The first-order valence-electron chi connectivity index (χ1n) is 10.2. The lowest BCUT2D eigenvalue weighted by Crippen LogP contribution is -2.29. The molecule has 0 fully saturated rings. The molecule has 5 nitrogen and oxygen atoms in total. The second-order valence-electron chi connectivity index (χ2n) is 7.74. The molecule has 29 heavy (non-hydrogen) atoms. The van der Waals surface area contributed by atoms with E-state index in [1.807, 2.05) is 37.3 Å². The number of methoxy groups -OCH3 is 1. The summed E-state index contributed by atoms with van der Waals surface area (Å²) in [5.74, 6) is 0.994. The summed E-state index contributed by atoms with van der Waals surface area (Å²) >= 11 is 0. The van der Waals surface area contributed by atoms with Crippen LogP contribution < -0.4 is 15.4 Å². The maximum Gasteiger partial charge on any atom is 0.227 e. The van der Waals surface area contributed by atoms with E-state index in [2.05, 4.69) is 36.6 Å². The summed E-state index contributed by atoms with van der Waals surface area (Å²) < 4.78 is 5.14. The van der Waals surface area contributed by atoms with Crippen molar-refractivity contribution in [3.05, 3.63) is 59.7 Å². The SMILES string of the molecule is COc1cccc(NC(=O)CCCNC(=O)C(C)c2ccc(CC(C)C)cc2)c1. The van der Waals surface area contributed by atoms with Crippen LogP contribution in [-0.2, 0) is 16.0 Å². The molecule has 0 saturated heterocycles. The van der Waals surface area contributed by atoms with Crippen molar-refractivity contribution in [1.82, 2.24) is 5.32 Å². The third-order valence-corrected chi connectivity index (χ3v) is 4.75. The Balaban J connectivity index is 1.72. The Hall–Kier alpha value is -2.82. The molecule has 2 aromatic carbocycles. The van der Waals surface area contributed by atoms with Crippen LogP contribution in [0.4, 0.5) is 5.69 Å². The molecule has 0 aliphatic rings. The monoisotopic (exact) mass is 396 g/mol. The number of hydrogen-bond donors (Lipinski definition) is 2. The lowest BCUT2D eigenvalue weighted by Gasteiger charge is -2.14. The number of nitrogens with one attached hydrogen (secondary N) is 2. The number of carbonyl (C=O) groups is 2. The lowest BCUT2D eigenvalue weighted by atomic mass is 9.96. The quantitative estimate of drug-likeness (QED) is 0.580. The fraction of sp³-hybridized carbons (Fsp3) is 0.417. The topological polar surface area (TPSA) is 67.4 Å². The molecule has 0 aliphatic heterocycles. The Bertz CT molecular complexity index is 800. The highest BCUT2D eigenvalue weighted by Gasteiger charge is 2.15. The standard InChI is InChI=1S/C24H32N2O3/c1-17(2)15-19-10-12-20(13-11-19)18(3)24(28)25-14-6-9-23(27)26-21-7-5-8-22(16-21)29-4/h5,7-8,10-13,16-18H,6,9,14-15H2,1-4H3,(H,25,28)(H,26,27). The predicted molar refractivity (Wildman–Crippen MR) is 117 cm³/mol. The fourth-order valence-electron chi connectivity index (χ4n) is 3.10. The van der Waals surface area contributed by atoms with Gasteiger partial charge in [0.1, 0.15) is 5.75 Å². The Labute approximate surface area is 173 Å². The summed E-state index contributed by atoms with van der Waals surface area (Å²) in [6, 6.07) is 15.5. The van der Waals surface area contributed by atoms with Gasteiger partial charge in [0.25, 0.3) is 0 Å². The van der Waals surface area contributed by atoms with E-state index in [4.69, 9.17) is 4.74 Å². The van der Waals surface area contributed by atoms with E-state index in [1.54, 1.807) is 13.2 Å². The molecule has 1 atom stereocenters. The molecule has 0 heterocycles. The van der Waals surface area contributed by atoms with Crippen LogP contribution in [0.5, 0.6) is 5.75 Å². The first-order chi connectivity index (χ1) is 13.9. The van der Waals surface area contributed by atoms with Crippen molar-refractivity contribution in [2.45, 2.75) is 46.0 Å². The molecule has 0 radical (unpaired) electrons. The van der Waals surface area contributed by atoms with Crippen molar-refractivity contribution < 1.29 is 14.3 Å². The normalized spacial score (nSPS) is 11.8. The molecular weight excluding hydrogens is 364 g/mol. The van der Waals surface area contributed by atoms with E-state index in [0.29, 0.717) is 36.7 Å². The highest BCUT2D eigenvalue weighted by atomic mass is 16.5. The molecule has 0 saturated carbocycles. The van der Waals surface area contributed by atoms with Crippen LogP contribution in [0.2, 0.25) is 0 Å². The zero-order valence-electron chi connectivity index (χ0n) is 17.8. The van der Waals surface area contributed by atoms with Crippen LogP contribution in [0.1, 0.15) is 50.7 Å². The van der Waals surface area contributed by atoms with Crippen LogP contribution in [-0.4, -0.2) is 25.5 Å². The van der Waals surface area contributed by atoms with E-state index < -0.39 is 0 Å². The van der Waals surface area contributed by atoms with Gasteiger partial charge in [0.05, 0.1) is 13.0 Å². The summed E-state index contributed by atoms with van der Waals surface area (Å²) in [5.41, 5.74) is 3.00. The van der Waals surface area contributed by atoms with Crippen molar-refractivity contribution in [2.24, 2.45) is 5.92 Å². The zero-order chi connectivity index (χ0) is 21.2. The predicted octanol–water partition coefficient (Wildman–Crippen LogP) is 4.53. The van der Waals surface area contributed by atoms with Gasteiger partial charge in [-0.1, -0.05) is 44.2 Å². The Morgan fingerprint density at radius 3 is 2.41 bits per heavy atom. The van der Waals surface area contributed by atoms with Crippen molar-refractivity contribution in [3.63, 3.8) is 0 Å². The van der Waals surface area contributed by atoms with Crippen molar-refractivity contribution in [3.8, 4) is 5.75 Å². The molecule has 2 aromatic rings. The summed E-state index contributed by atoms with van der Waals surface area (Å²) in [6.07, 6.45) is 1.97. The number of anilines is 1. The zero-order valence-corrected chi connectivity index (χ0v) is 17.8. The summed E-state index contributed by atoms with van der Waals surface area (Å²) in [6.45, 7) is 6.77. The highest BCUT2D eigenvalue weighted by Crippen LogP contribution is 2.18. The third-order valence-electron chi connectivity index (χ3n) is 4.75. The van der Waals surface area contributed by atoms with Gasteiger partial charge in [0.2, 0.25) is 11.8 Å². The smallest absolute Gasteiger partial charge is 0.227 e. The third kappa shape index (κ3) is 7.60. The molecule has 2 rings (SSSR count). The molecular formula is C24H32N2O3. The molecule has 2 N–H and O–H groups in total. The van der Waals surface area contributed by atoms with Crippen LogP contribution in [0, 0.1) is 5.92 Å². The molecule has 0 spiro atoms. The molecule has 2 amide bonds. The van der Waals surface area contributed by atoms with Gasteiger partial charge in [-0.2, -0.15) is 0 Å². The molecule has 0 bridgehead atoms. The van der Waals surface area contributed by atoms with Crippen LogP contribution in [0.3, 0.4) is 0 Å². The maximum absolute atomic E-state index is 12.4. The minimum absolute atomic E-state index is 0.0187. The van der Waals surface area contributed by atoms with Gasteiger partial charge in [-0.05, 0) is 48.9 Å². The van der Waals surface area contributed by atoms with Gasteiger partial charge in [0.15, 0.2) is 0 Å². The second kappa shape index (κ2) is 11.2. The second-order valence-corrected chi connectivity index (χ2v) is 7.74. The molecule has 0 aromatic heterocycles. The first-order valence-corrected chi connectivity index (χ1v) is 10.2. The van der Waals surface area contributed by atoms with Gasteiger partial charge in [-0.3, -0.25) is 9.59 Å². The first kappa shape index (κ1) is 22.5. The molecule has 1 unspecified atom stereocenters. The molecule has 0 aliphatic carbocycles. The Morgan fingerprint density at radius 1 is 1.03 bits per heavy atom. The number of ether oxygens (including phenoxy) is 1. The largest absolute Gasteiger partial charge is 0.497 e. The average Bonchev–Trinajstić information content (AvgIpc) is 2.70. The van der Waals surface area contributed by atoms with Gasteiger partial charge in [-0.15, -0.1) is 0 Å². The van der Waals surface area contributed by atoms with E-state index in [-0.39, 0.29) is 17.7 Å². The van der Waals surface area contributed by atoms with Gasteiger partial charge < -0.3 is 15.4 Å². The van der Waals surface area contributed by atoms with Crippen molar-refractivity contribution in [2.75, 3.05) is 19.0 Å². The van der Waals surface area contributed by atoms with E-state index >= 15 is 0 Å². The minimum Gasteiger partial charge on any atom is -0.497 e. The molecule has 5 heteroatoms. The maximum atomic E-state index is 12.4. The van der Waals surface area contributed by atoms with Gasteiger partial charge >= 0.3 is 0 Å². The highest BCUT2D eigenvalue weighted by molar-refractivity contribution is 5.91. The fourth-order valence-corrected chi connectivity index (χ4v) is 3.10. The van der Waals surface area contributed by atoms with Gasteiger partial charge in [-0.25, -0.2) is 0 Å².